The van der Waals surface area contributed by atoms with E-state index in [0.717, 1.165) is 11.3 Å². The highest BCUT2D eigenvalue weighted by Gasteiger charge is 2.20. The van der Waals surface area contributed by atoms with Crippen molar-refractivity contribution >= 4 is 23.5 Å². The Kier molecular flexibility index (Phi) is 1.75. The van der Waals surface area contributed by atoms with Gasteiger partial charge in [0.25, 0.3) is 0 Å². The molecule has 1 heterocycles. The first-order valence-corrected chi connectivity index (χ1v) is 3.10. The fourth-order valence-corrected chi connectivity index (χ4v) is 0.955. The van der Waals surface area contributed by atoms with Gasteiger partial charge in [0.15, 0.2) is 4.91 Å². The average Bonchev–Trinajstić information content (AvgIpc) is 2.14. The van der Waals surface area contributed by atoms with E-state index < -0.39 is 7.27 Å². The number of hydrogen-bond acceptors (Lipinski definition) is 3. The monoisotopic (exact) mass is 148 g/mol. The Bertz CT molecular complexity index is 201. The lowest BCUT2D eigenvalue weighted by Gasteiger charge is -1.78. The Labute approximate surface area is 55.1 Å². The molecular formula is C3H3BF2N2S. The third-order valence-electron chi connectivity index (χ3n) is 0.728. The molecule has 0 fully saturated rings. The third kappa shape index (κ3) is 1.44. The Morgan fingerprint density at radius 1 is 1.44 bits per heavy atom. The van der Waals surface area contributed by atoms with Crippen molar-refractivity contribution < 1.29 is 8.63 Å². The Hall–Kier alpha value is -0.515. The van der Waals surface area contributed by atoms with Crippen molar-refractivity contribution in [2.24, 2.45) is 0 Å². The Morgan fingerprint density at radius 3 is 2.33 bits per heavy atom. The summed E-state index contributed by atoms with van der Waals surface area (Å²) in [6.07, 6.45) is 0. The lowest BCUT2D eigenvalue weighted by Crippen LogP contribution is -2.19. The summed E-state index contributed by atoms with van der Waals surface area (Å²) in [5, 5.41) is 7.23. The molecule has 2 nitrogen and oxygen atoms in total. The summed E-state index contributed by atoms with van der Waals surface area (Å²) in [7, 11) is -2.48. The molecule has 0 amide bonds. The van der Waals surface area contributed by atoms with E-state index in [1.54, 1.807) is 6.92 Å². The van der Waals surface area contributed by atoms with Crippen LogP contribution in [0.25, 0.3) is 0 Å². The van der Waals surface area contributed by atoms with E-state index in [9.17, 15) is 8.63 Å². The molecule has 0 aliphatic heterocycles. The van der Waals surface area contributed by atoms with Crippen molar-refractivity contribution in [1.29, 1.82) is 0 Å². The summed E-state index contributed by atoms with van der Waals surface area (Å²) in [6.45, 7) is 1.64. The molecule has 0 saturated heterocycles. The van der Waals surface area contributed by atoms with E-state index in [0.29, 0.717) is 5.01 Å². The van der Waals surface area contributed by atoms with Gasteiger partial charge in [-0.25, -0.2) is 0 Å². The zero-order valence-electron chi connectivity index (χ0n) is 4.64. The van der Waals surface area contributed by atoms with Crippen LogP contribution in [0, 0.1) is 6.92 Å². The predicted molar refractivity (Wildman–Crippen MR) is 32.2 cm³/mol. The van der Waals surface area contributed by atoms with Crippen molar-refractivity contribution in [1.82, 2.24) is 10.2 Å². The number of aryl methyl sites for hydroxylation is 1. The first-order chi connectivity index (χ1) is 4.20. The molecule has 1 rings (SSSR count). The van der Waals surface area contributed by atoms with E-state index in [1.807, 2.05) is 0 Å². The molecule has 0 spiro atoms. The van der Waals surface area contributed by atoms with Gasteiger partial charge >= 0.3 is 7.27 Å². The number of nitrogens with zero attached hydrogens (tertiary/aromatic N) is 2. The number of halogens is 2. The second-order valence-corrected chi connectivity index (χ2v) is 2.67. The van der Waals surface area contributed by atoms with Gasteiger partial charge in [0.05, 0.1) is 0 Å². The minimum Gasteiger partial charge on any atom is -0.279 e. The van der Waals surface area contributed by atoms with E-state index in [-0.39, 0.29) is 4.91 Å². The Morgan fingerprint density at radius 2 is 2.11 bits per heavy atom. The first-order valence-electron chi connectivity index (χ1n) is 2.28. The van der Waals surface area contributed by atoms with Crippen LogP contribution in [0.3, 0.4) is 0 Å². The van der Waals surface area contributed by atoms with Gasteiger partial charge in [0.1, 0.15) is 5.01 Å². The van der Waals surface area contributed by atoms with Gasteiger partial charge in [-0.05, 0) is 6.92 Å². The topological polar surface area (TPSA) is 25.8 Å². The molecule has 0 unspecified atom stereocenters. The highest BCUT2D eigenvalue weighted by Crippen LogP contribution is 1.98. The van der Waals surface area contributed by atoms with Gasteiger partial charge in [0, 0.05) is 0 Å². The minimum atomic E-state index is -2.48. The fourth-order valence-electron chi connectivity index (χ4n) is 0.400. The van der Waals surface area contributed by atoms with Gasteiger partial charge < -0.3 is 0 Å². The lowest BCUT2D eigenvalue weighted by atomic mass is 10.0. The largest absolute Gasteiger partial charge is 0.603 e. The average molecular weight is 148 g/mol. The van der Waals surface area contributed by atoms with E-state index in [1.165, 1.54) is 0 Å². The third-order valence-corrected chi connectivity index (χ3v) is 1.57. The molecule has 0 aromatic carbocycles. The minimum absolute atomic E-state index is 0.201. The summed E-state index contributed by atoms with van der Waals surface area (Å²) in [5.41, 5.74) is 0. The molecule has 1 aromatic heterocycles. The SMILES string of the molecule is Cc1nnc(B(F)F)s1. The zero-order valence-corrected chi connectivity index (χ0v) is 5.45. The molecular weight excluding hydrogens is 145 g/mol. The molecule has 0 aliphatic rings. The van der Waals surface area contributed by atoms with Crippen molar-refractivity contribution in [2.75, 3.05) is 0 Å². The fraction of sp³-hybridized carbons (Fsp3) is 0.333. The summed E-state index contributed by atoms with van der Waals surface area (Å²) in [4.78, 5) is -0.201. The number of hydrogen-bond donors (Lipinski definition) is 0. The van der Waals surface area contributed by atoms with Crippen molar-refractivity contribution in [3.63, 3.8) is 0 Å². The van der Waals surface area contributed by atoms with Crippen LogP contribution in [0.15, 0.2) is 0 Å². The van der Waals surface area contributed by atoms with Crippen LogP contribution >= 0.6 is 11.3 Å². The van der Waals surface area contributed by atoms with Crippen LogP contribution in [0.5, 0.6) is 0 Å². The quantitative estimate of drug-likeness (QED) is 0.541. The van der Waals surface area contributed by atoms with E-state index >= 15 is 0 Å². The second-order valence-electron chi connectivity index (χ2n) is 1.46. The maximum Gasteiger partial charge on any atom is 0.603 e. The van der Waals surface area contributed by atoms with Crippen LogP contribution < -0.4 is 4.91 Å². The number of aromatic nitrogens is 2. The summed E-state index contributed by atoms with van der Waals surface area (Å²) < 4.78 is 23.4. The maximum atomic E-state index is 11.7. The first kappa shape index (κ1) is 6.60. The van der Waals surface area contributed by atoms with Crippen molar-refractivity contribution in [3.05, 3.63) is 5.01 Å². The Balaban J connectivity index is 2.85. The van der Waals surface area contributed by atoms with Crippen LogP contribution in [0.2, 0.25) is 0 Å². The van der Waals surface area contributed by atoms with Crippen molar-refractivity contribution in [3.8, 4) is 0 Å². The van der Waals surface area contributed by atoms with E-state index in [4.69, 9.17) is 0 Å². The highest BCUT2D eigenvalue weighted by atomic mass is 32.1. The van der Waals surface area contributed by atoms with Crippen LogP contribution in [0.1, 0.15) is 5.01 Å². The van der Waals surface area contributed by atoms with Gasteiger partial charge in [-0.15, -0.1) is 21.5 Å². The van der Waals surface area contributed by atoms with Gasteiger partial charge in [0.2, 0.25) is 0 Å². The molecule has 0 saturated carbocycles. The molecule has 9 heavy (non-hydrogen) atoms. The molecule has 6 heteroatoms. The van der Waals surface area contributed by atoms with Gasteiger partial charge in [-0.2, -0.15) is 0 Å². The van der Waals surface area contributed by atoms with Crippen LogP contribution in [-0.2, 0) is 0 Å². The highest BCUT2D eigenvalue weighted by molar-refractivity contribution is 7.21. The lowest BCUT2D eigenvalue weighted by molar-refractivity contribution is 0.682. The maximum absolute atomic E-state index is 11.7. The molecule has 48 valence electrons. The number of rotatable bonds is 1. The smallest absolute Gasteiger partial charge is 0.279 e. The zero-order chi connectivity index (χ0) is 6.85. The normalized spacial score (nSPS) is 9.67. The predicted octanol–water partition coefficient (Wildman–Crippen LogP) is 0.481. The summed E-state index contributed by atoms with van der Waals surface area (Å²) in [5.74, 6) is 0. The molecule has 0 bridgehead atoms. The molecule has 0 radical (unpaired) electrons. The van der Waals surface area contributed by atoms with Crippen LogP contribution in [0.4, 0.5) is 8.63 Å². The van der Waals surface area contributed by atoms with Gasteiger partial charge in [-0.3, -0.25) is 8.63 Å². The molecule has 0 atom stereocenters. The van der Waals surface area contributed by atoms with Crippen molar-refractivity contribution in [2.45, 2.75) is 6.92 Å². The second kappa shape index (κ2) is 2.39. The standard InChI is InChI=1S/C3H3BF2N2S/c1-2-7-8-3(9-2)4(5)6/h1H3. The molecule has 0 N–H and O–H groups in total. The van der Waals surface area contributed by atoms with Gasteiger partial charge in [-0.1, -0.05) is 0 Å². The molecule has 0 aliphatic carbocycles. The van der Waals surface area contributed by atoms with Crippen LogP contribution in [-0.4, -0.2) is 17.5 Å². The summed E-state index contributed by atoms with van der Waals surface area (Å²) in [6, 6.07) is 0. The van der Waals surface area contributed by atoms with E-state index in [2.05, 4.69) is 10.2 Å². The summed E-state index contributed by atoms with van der Waals surface area (Å²) >= 11 is 0.924. The molecule has 1 aromatic rings.